The van der Waals surface area contributed by atoms with E-state index in [9.17, 15) is 8.42 Å². The highest BCUT2D eigenvalue weighted by molar-refractivity contribution is 7.91. The minimum atomic E-state index is -2.76. The molecule has 0 amide bonds. The Bertz CT molecular complexity index is 612. The highest BCUT2D eigenvalue weighted by atomic mass is 32.2. The first-order chi connectivity index (χ1) is 10.1. The molecule has 2 atom stereocenters. The molecular weight excluding hydrogens is 286 g/mol. The second-order valence-electron chi connectivity index (χ2n) is 6.25. The molecule has 1 aliphatic heterocycles. The van der Waals surface area contributed by atoms with Crippen LogP contribution in [-0.2, 0) is 22.7 Å². The van der Waals surface area contributed by atoms with E-state index in [-0.39, 0.29) is 0 Å². The van der Waals surface area contributed by atoms with Crippen molar-refractivity contribution in [3.63, 3.8) is 0 Å². The van der Waals surface area contributed by atoms with E-state index in [0.29, 0.717) is 23.5 Å². The summed E-state index contributed by atoms with van der Waals surface area (Å²) < 4.78 is 28.3. The van der Waals surface area contributed by atoms with Gasteiger partial charge in [0, 0.05) is 6.04 Å². The van der Waals surface area contributed by atoms with Gasteiger partial charge in [-0.05, 0) is 61.4 Å². The second-order valence-corrected chi connectivity index (χ2v) is 8.48. The number of nitrogens with one attached hydrogen (secondary N) is 1. The summed E-state index contributed by atoms with van der Waals surface area (Å²) in [5.41, 5.74) is 2.77. The van der Waals surface area contributed by atoms with Crippen LogP contribution in [0, 0.1) is 5.92 Å². The van der Waals surface area contributed by atoms with Gasteiger partial charge >= 0.3 is 0 Å². The maximum atomic E-state index is 11.5. The molecule has 1 aromatic rings. The fourth-order valence-electron chi connectivity index (χ4n) is 3.40. The maximum absolute atomic E-state index is 11.5. The van der Waals surface area contributed by atoms with Gasteiger partial charge in [-0.3, -0.25) is 0 Å². The molecule has 2 aliphatic rings. The molecule has 2 unspecified atom stereocenters. The monoisotopic (exact) mass is 309 g/mol. The van der Waals surface area contributed by atoms with E-state index >= 15 is 0 Å². The van der Waals surface area contributed by atoms with E-state index in [1.807, 2.05) is 6.07 Å². The quantitative estimate of drug-likeness (QED) is 0.917. The Balaban J connectivity index is 1.56. The molecule has 4 nitrogen and oxygen atoms in total. The lowest BCUT2D eigenvalue weighted by Crippen LogP contribution is -2.37. The summed E-state index contributed by atoms with van der Waals surface area (Å²) >= 11 is 0. The zero-order chi connectivity index (χ0) is 14.9. The number of fused-ring (bicyclic) bond motifs is 1. The van der Waals surface area contributed by atoms with E-state index in [4.69, 9.17) is 4.74 Å². The number of ether oxygens (including phenoxy) is 1. The topological polar surface area (TPSA) is 55.4 Å². The van der Waals surface area contributed by atoms with Crippen LogP contribution < -0.4 is 10.1 Å². The zero-order valence-electron chi connectivity index (χ0n) is 12.5. The average molecular weight is 309 g/mol. The summed E-state index contributed by atoms with van der Waals surface area (Å²) in [4.78, 5) is 0. The summed E-state index contributed by atoms with van der Waals surface area (Å²) in [6, 6.07) is 6.76. The first-order valence-corrected chi connectivity index (χ1v) is 9.47. The summed E-state index contributed by atoms with van der Waals surface area (Å²) in [7, 11) is -1.07. The lowest BCUT2D eigenvalue weighted by Gasteiger charge is -2.27. The van der Waals surface area contributed by atoms with E-state index in [1.165, 1.54) is 11.1 Å². The smallest absolute Gasteiger partial charge is 0.150 e. The Hall–Kier alpha value is -1.07. The Kier molecular flexibility index (Phi) is 4.22. The number of methoxy groups -OCH3 is 1. The maximum Gasteiger partial charge on any atom is 0.150 e. The van der Waals surface area contributed by atoms with Crippen molar-refractivity contribution in [2.45, 2.75) is 31.7 Å². The highest BCUT2D eigenvalue weighted by Gasteiger charge is 2.28. The summed E-state index contributed by atoms with van der Waals surface area (Å²) in [6.07, 6.45) is 4.03. The van der Waals surface area contributed by atoms with Crippen LogP contribution in [-0.4, -0.2) is 39.6 Å². The molecule has 1 saturated heterocycles. The summed E-state index contributed by atoms with van der Waals surface area (Å²) in [5, 5.41) is 3.57. The van der Waals surface area contributed by atoms with Crippen molar-refractivity contribution in [2.75, 3.05) is 25.2 Å². The van der Waals surface area contributed by atoms with Gasteiger partial charge in [0.25, 0.3) is 0 Å². The SMILES string of the molecule is COc1ccc2c(c1)CC(NCC1CCS(=O)(=O)C1)CC2. The molecule has 21 heavy (non-hydrogen) atoms. The Labute approximate surface area is 126 Å². The third-order valence-corrected chi connectivity index (χ3v) is 6.50. The van der Waals surface area contributed by atoms with Crippen LogP contribution in [0.15, 0.2) is 18.2 Å². The number of aryl methyl sites for hydroxylation is 1. The van der Waals surface area contributed by atoms with Crippen LogP contribution in [0.2, 0.25) is 0 Å². The number of hydrogen-bond acceptors (Lipinski definition) is 4. The van der Waals surface area contributed by atoms with E-state index < -0.39 is 9.84 Å². The first kappa shape index (κ1) is 14.9. The number of sulfone groups is 1. The van der Waals surface area contributed by atoms with Gasteiger partial charge in [-0.1, -0.05) is 6.07 Å². The molecule has 1 heterocycles. The molecule has 0 aromatic heterocycles. The zero-order valence-corrected chi connectivity index (χ0v) is 13.3. The minimum Gasteiger partial charge on any atom is -0.497 e. The molecule has 1 fully saturated rings. The fourth-order valence-corrected chi connectivity index (χ4v) is 5.26. The van der Waals surface area contributed by atoms with Crippen molar-refractivity contribution < 1.29 is 13.2 Å². The standard InChI is InChI=1S/C16H23NO3S/c1-20-16-5-3-13-2-4-15(8-14(13)9-16)17-10-12-6-7-21(18,19)11-12/h3,5,9,12,15,17H,2,4,6-8,10-11H2,1H3. The molecule has 3 rings (SSSR count). The van der Waals surface area contributed by atoms with Crippen LogP contribution in [0.1, 0.15) is 24.0 Å². The van der Waals surface area contributed by atoms with Gasteiger partial charge in [0.1, 0.15) is 5.75 Å². The van der Waals surface area contributed by atoms with Crippen molar-refractivity contribution in [3.05, 3.63) is 29.3 Å². The number of rotatable bonds is 4. The van der Waals surface area contributed by atoms with Crippen molar-refractivity contribution >= 4 is 9.84 Å². The van der Waals surface area contributed by atoms with E-state index in [1.54, 1.807) is 7.11 Å². The molecular formula is C16H23NO3S. The molecule has 1 N–H and O–H groups in total. The summed E-state index contributed by atoms with van der Waals surface area (Å²) in [5.74, 6) is 1.93. The van der Waals surface area contributed by atoms with Crippen LogP contribution >= 0.6 is 0 Å². The largest absolute Gasteiger partial charge is 0.497 e. The van der Waals surface area contributed by atoms with Crippen LogP contribution in [0.5, 0.6) is 5.75 Å². The van der Waals surface area contributed by atoms with Gasteiger partial charge in [0.2, 0.25) is 0 Å². The van der Waals surface area contributed by atoms with Crippen LogP contribution in [0.25, 0.3) is 0 Å². The predicted octanol–water partition coefficient (Wildman–Crippen LogP) is 1.58. The lowest BCUT2D eigenvalue weighted by molar-refractivity contribution is 0.404. The van der Waals surface area contributed by atoms with Crippen molar-refractivity contribution in [1.29, 1.82) is 0 Å². The van der Waals surface area contributed by atoms with Gasteiger partial charge in [0.05, 0.1) is 18.6 Å². The van der Waals surface area contributed by atoms with Crippen molar-refractivity contribution in [1.82, 2.24) is 5.32 Å². The minimum absolute atomic E-state index is 0.293. The van der Waals surface area contributed by atoms with Gasteiger partial charge in [-0.15, -0.1) is 0 Å². The molecule has 5 heteroatoms. The lowest BCUT2D eigenvalue weighted by atomic mass is 9.88. The molecule has 116 valence electrons. The molecule has 0 saturated carbocycles. The van der Waals surface area contributed by atoms with Gasteiger partial charge in [-0.25, -0.2) is 8.42 Å². The molecule has 1 aromatic carbocycles. The highest BCUT2D eigenvalue weighted by Crippen LogP contribution is 2.26. The normalized spacial score (nSPS) is 27.3. The van der Waals surface area contributed by atoms with Crippen LogP contribution in [0.3, 0.4) is 0 Å². The second kappa shape index (κ2) is 5.97. The molecule has 0 radical (unpaired) electrons. The third kappa shape index (κ3) is 3.58. The van der Waals surface area contributed by atoms with E-state index in [0.717, 1.165) is 38.0 Å². The molecule has 0 bridgehead atoms. The number of benzene rings is 1. The third-order valence-electron chi connectivity index (χ3n) is 4.66. The van der Waals surface area contributed by atoms with E-state index in [2.05, 4.69) is 17.4 Å². The van der Waals surface area contributed by atoms with Crippen LogP contribution in [0.4, 0.5) is 0 Å². The molecule has 0 spiro atoms. The van der Waals surface area contributed by atoms with Crippen molar-refractivity contribution in [2.24, 2.45) is 5.92 Å². The first-order valence-electron chi connectivity index (χ1n) is 7.65. The fraction of sp³-hybridized carbons (Fsp3) is 0.625. The van der Waals surface area contributed by atoms with Crippen molar-refractivity contribution in [3.8, 4) is 5.75 Å². The Morgan fingerprint density at radius 3 is 2.86 bits per heavy atom. The summed E-state index contributed by atoms with van der Waals surface area (Å²) in [6.45, 7) is 0.823. The average Bonchev–Trinajstić information content (AvgIpc) is 2.83. The van der Waals surface area contributed by atoms with Gasteiger partial charge in [0.15, 0.2) is 9.84 Å². The molecule has 1 aliphatic carbocycles. The predicted molar refractivity (Wildman–Crippen MR) is 83.6 cm³/mol. The number of hydrogen-bond donors (Lipinski definition) is 1. The van der Waals surface area contributed by atoms with Gasteiger partial charge < -0.3 is 10.1 Å². The van der Waals surface area contributed by atoms with Gasteiger partial charge in [-0.2, -0.15) is 0 Å². The Morgan fingerprint density at radius 2 is 2.14 bits per heavy atom. The Morgan fingerprint density at radius 1 is 1.29 bits per heavy atom.